The van der Waals surface area contributed by atoms with Crippen LogP contribution in [0.1, 0.15) is 31.2 Å². The van der Waals surface area contributed by atoms with Gasteiger partial charge in [0.2, 0.25) is 5.91 Å². The van der Waals surface area contributed by atoms with Gasteiger partial charge in [-0.05, 0) is 49.5 Å². The maximum absolute atomic E-state index is 12.3. The second-order valence-electron chi connectivity index (χ2n) is 6.32. The molecule has 26 heavy (non-hydrogen) atoms. The van der Waals surface area contributed by atoms with Crippen LogP contribution < -0.4 is 15.4 Å². The molecule has 0 spiro atoms. The van der Waals surface area contributed by atoms with Crippen LogP contribution in [-0.2, 0) is 14.3 Å². The molecule has 1 aromatic rings. The summed E-state index contributed by atoms with van der Waals surface area (Å²) in [5, 5.41) is 5.52. The number of hydrogen-bond donors (Lipinski definition) is 2. The van der Waals surface area contributed by atoms with Gasteiger partial charge in [-0.1, -0.05) is 6.07 Å². The number of carbonyl (C=O) groups is 2. The number of nitrogens with one attached hydrogen (secondary N) is 2. The molecule has 2 atom stereocenters. The minimum atomic E-state index is -2.79. The first-order valence-electron chi connectivity index (χ1n) is 8.48. The topological polar surface area (TPSA) is 76.7 Å². The van der Waals surface area contributed by atoms with Crippen molar-refractivity contribution in [2.75, 3.05) is 11.9 Å². The van der Waals surface area contributed by atoms with Crippen molar-refractivity contribution >= 4 is 23.6 Å². The van der Waals surface area contributed by atoms with Gasteiger partial charge in [-0.25, -0.2) is 0 Å². The van der Waals surface area contributed by atoms with Crippen molar-refractivity contribution in [2.24, 2.45) is 0 Å². The number of benzene rings is 1. The zero-order valence-corrected chi connectivity index (χ0v) is 14.0. The van der Waals surface area contributed by atoms with Gasteiger partial charge in [0.25, 0.3) is 5.91 Å². The number of halogens is 2. The van der Waals surface area contributed by atoms with Crippen LogP contribution in [0.25, 0.3) is 6.08 Å². The molecule has 1 heterocycles. The molecule has 1 saturated carbocycles. The van der Waals surface area contributed by atoms with Crippen molar-refractivity contribution in [3.63, 3.8) is 0 Å². The van der Waals surface area contributed by atoms with E-state index < -0.39 is 12.7 Å². The highest BCUT2D eigenvalue weighted by Gasteiger charge is 2.25. The minimum Gasteiger partial charge on any atom is -0.482 e. The number of hydrogen-bond acceptors (Lipinski definition) is 4. The van der Waals surface area contributed by atoms with Crippen LogP contribution >= 0.6 is 0 Å². The van der Waals surface area contributed by atoms with Crippen molar-refractivity contribution in [1.29, 1.82) is 0 Å². The van der Waals surface area contributed by atoms with E-state index in [1.54, 1.807) is 24.3 Å². The molecule has 1 aromatic carbocycles. The fraction of sp³-hybridized carbons (Fsp3) is 0.444. The van der Waals surface area contributed by atoms with E-state index in [4.69, 9.17) is 4.74 Å². The van der Waals surface area contributed by atoms with E-state index in [2.05, 4.69) is 15.4 Å². The van der Waals surface area contributed by atoms with Crippen LogP contribution in [0.4, 0.5) is 14.5 Å². The molecule has 8 heteroatoms. The number of ether oxygens (including phenoxy) is 2. The van der Waals surface area contributed by atoms with Crippen LogP contribution in [0.3, 0.4) is 0 Å². The molecule has 2 amide bonds. The summed E-state index contributed by atoms with van der Waals surface area (Å²) in [5.74, 6) is 0.0541. The first kappa shape index (κ1) is 18.3. The number of amides is 2. The molecule has 6 nitrogen and oxygen atoms in total. The van der Waals surface area contributed by atoms with Gasteiger partial charge in [0.05, 0.1) is 11.8 Å². The molecule has 2 N–H and O–H groups in total. The summed E-state index contributed by atoms with van der Waals surface area (Å²) in [4.78, 5) is 23.4. The Hall–Kier alpha value is -2.48. The fourth-order valence-electron chi connectivity index (χ4n) is 3.17. The number of carbonyl (C=O) groups excluding carboxylic acids is 2. The molecule has 2 aliphatic rings. The van der Waals surface area contributed by atoms with E-state index in [1.807, 2.05) is 0 Å². The zero-order chi connectivity index (χ0) is 18.5. The molecular weight excluding hydrogens is 346 g/mol. The fourth-order valence-corrected chi connectivity index (χ4v) is 3.17. The van der Waals surface area contributed by atoms with Gasteiger partial charge >= 0.3 is 6.61 Å². The summed E-state index contributed by atoms with van der Waals surface area (Å²) in [6.45, 7) is -2.80. The average Bonchev–Trinajstić information content (AvgIpc) is 2.59. The summed E-state index contributed by atoms with van der Waals surface area (Å²) in [7, 11) is 0. The summed E-state index contributed by atoms with van der Waals surface area (Å²) < 4.78 is 34.4. The highest BCUT2D eigenvalue weighted by atomic mass is 19.3. The third kappa shape index (κ3) is 5.01. The average molecular weight is 366 g/mol. The maximum Gasteiger partial charge on any atom is 0.345 e. The van der Waals surface area contributed by atoms with Crippen molar-refractivity contribution in [2.45, 2.75) is 44.4 Å². The molecule has 1 aliphatic heterocycles. The Bertz CT molecular complexity index is 708. The summed E-state index contributed by atoms with van der Waals surface area (Å²) in [6.07, 6.45) is 4.91. The largest absolute Gasteiger partial charge is 0.482 e. The predicted octanol–water partition coefficient (Wildman–Crippen LogP) is 2.70. The van der Waals surface area contributed by atoms with Crippen molar-refractivity contribution in [3.05, 3.63) is 29.8 Å². The number of fused-ring (bicyclic) bond motifs is 1. The van der Waals surface area contributed by atoms with Crippen LogP contribution in [0.5, 0.6) is 5.75 Å². The SMILES string of the molecule is O=C(/C=C/c1ccc2c(c1)NC(=O)CO2)NC1CCCC(OC(F)F)C1. The molecule has 2 unspecified atom stereocenters. The lowest BCUT2D eigenvalue weighted by Gasteiger charge is -2.29. The zero-order valence-electron chi connectivity index (χ0n) is 14.0. The molecule has 1 aliphatic carbocycles. The first-order valence-corrected chi connectivity index (χ1v) is 8.48. The van der Waals surface area contributed by atoms with Crippen molar-refractivity contribution in [1.82, 2.24) is 5.32 Å². The molecule has 1 fully saturated rings. The predicted molar refractivity (Wildman–Crippen MR) is 90.9 cm³/mol. The summed E-state index contributed by atoms with van der Waals surface area (Å²) >= 11 is 0. The van der Waals surface area contributed by atoms with Gasteiger partial charge in [-0.3, -0.25) is 9.59 Å². The van der Waals surface area contributed by atoms with E-state index in [0.717, 1.165) is 18.4 Å². The number of rotatable bonds is 5. The lowest BCUT2D eigenvalue weighted by molar-refractivity contribution is -0.171. The van der Waals surface area contributed by atoms with Crippen LogP contribution in [0.15, 0.2) is 24.3 Å². The standard InChI is InChI=1S/C18H20F2N2O4/c19-18(20)26-13-3-1-2-12(9-13)21-16(23)7-5-11-4-6-15-14(8-11)22-17(24)10-25-15/h4-8,12-13,18H,1-3,9-10H2,(H,21,23)(H,22,24)/b7-5+. The Morgan fingerprint density at radius 2 is 2.23 bits per heavy atom. The van der Waals surface area contributed by atoms with Gasteiger partial charge in [-0.2, -0.15) is 8.78 Å². The van der Waals surface area contributed by atoms with Crippen molar-refractivity contribution < 1.29 is 27.8 Å². The Kier molecular flexibility index (Phi) is 5.82. The minimum absolute atomic E-state index is 0.0117. The van der Waals surface area contributed by atoms with Gasteiger partial charge in [0.15, 0.2) is 6.61 Å². The van der Waals surface area contributed by atoms with Crippen LogP contribution in [0.2, 0.25) is 0 Å². The Balaban J connectivity index is 1.54. The van der Waals surface area contributed by atoms with E-state index in [1.165, 1.54) is 6.08 Å². The summed E-state index contributed by atoms with van der Waals surface area (Å²) in [6, 6.07) is 5.02. The second kappa shape index (κ2) is 8.27. The highest BCUT2D eigenvalue weighted by molar-refractivity contribution is 5.96. The summed E-state index contributed by atoms with van der Waals surface area (Å²) in [5.41, 5.74) is 1.29. The van der Waals surface area contributed by atoms with Gasteiger partial charge < -0.3 is 20.1 Å². The molecule has 3 rings (SSSR count). The lowest BCUT2D eigenvalue weighted by atomic mass is 9.93. The van der Waals surface area contributed by atoms with E-state index >= 15 is 0 Å². The van der Waals surface area contributed by atoms with Crippen LogP contribution in [0, 0.1) is 0 Å². The van der Waals surface area contributed by atoms with Crippen LogP contribution in [-0.4, -0.2) is 37.2 Å². The smallest absolute Gasteiger partial charge is 0.345 e. The molecule has 0 bridgehead atoms. The van der Waals surface area contributed by atoms with E-state index in [9.17, 15) is 18.4 Å². The normalized spacial score (nSPS) is 22.7. The Labute approximate surface area is 149 Å². The third-order valence-corrected chi connectivity index (χ3v) is 4.33. The molecule has 0 radical (unpaired) electrons. The first-order chi connectivity index (χ1) is 12.5. The molecule has 140 valence electrons. The monoisotopic (exact) mass is 366 g/mol. The lowest BCUT2D eigenvalue weighted by Crippen LogP contribution is -2.40. The molecule has 0 aromatic heterocycles. The second-order valence-corrected chi connectivity index (χ2v) is 6.32. The number of anilines is 1. The van der Waals surface area contributed by atoms with Gasteiger partial charge in [0, 0.05) is 12.1 Å². The number of alkyl halides is 2. The Morgan fingerprint density at radius 1 is 1.38 bits per heavy atom. The van der Waals surface area contributed by atoms with Gasteiger partial charge in [-0.15, -0.1) is 0 Å². The van der Waals surface area contributed by atoms with Gasteiger partial charge in [0.1, 0.15) is 5.75 Å². The highest BCUT2D eigenvalue weighted by Crippen LogP contribution is 2.29. The van der Waals surface area contributed by atoms with Crippen molar-refractivity contribution in [3.8, 4) is 5.75 Å². The molecule has 0 saturated heterocycles. The third-order valence-electron chi connectivity index (χ3n) is 4.33. The maximum atomic E-state index is 12.3. The van der Waals surface area contributed by atoms with E-state index in [0.29, 0.717) is 24.3 Å². The Morgan fingerprint density at radius 3 is 3.04 bits per heavy atom. The quantitative estimate of drug-likeness (QED) is 0.786. The molecular formula is C18H20F2N2O4. The van der Waals surface area contributed by atoms with E-state index in [-0.39, 0.29) is 24.5 Å².